The summed E-state index contributed by atoms with van der Waals surface area (Å²) in [5.41, 5.74) is 1.98. The third kappa shape index (κ3) is 2.97. The van der Waals surface area contributed by atoms with Crippen molar-refractivity contribution in [2.75, 3.05) is 5.75 Å². The highest BCUT2D eigenvalue weighted by Gasteiger charge is 2.03. The molecule has 0 atom stereocenters. The number of hydrogen-bond donors (Lipinski definition) is 2. The molecule has 1 heterocycles. The topological polar surface area (TPSA) is 42.0 Å². The molecule has 1 N–H and O–H groups in total. The highest BCUT2D eigenvalue weighted by Crippen LogP contribution is 2.15. The van der Waals surface area contributed by atoms with E-state index in [4.69, 9.17) is 0 Å². The van der Waals surface area contributed by atoms with Crippen LogP contribution < -0.4 is 5.32 Å². The monoisotopic (exact) mass is 246 g/mol. The molecule has 2 aromatic rings. The molecule has 1 aromatic carbocycles. The van der Waals surface area contributed by atoms with Crippen LogP contribution in [0.2, 0.25) is 0 Å². The Hall–Kier alpha value is -1.55. The van der Waals surface area contributed by atoms with Crippen LogP contribution in [0.5, 0.6) is 0 Å². The zero-order chi connectivity index (χ0) is 12.1. The second kappa shape index (κ2) is 5.68. The lowest BCUT2D eigenvalue weighted by molar-refractivity contribution is -0.120. The van der Waals surface area contributed by atoms with Crippen LogP contribution in [0.4, 0.5) is 0 Å². The predicted octanol–water partition coefficient (Wildman–Crippen LogP) is 2.17. The lowest BCUT2D eigenvalue weighted by atomic mass is 10.1. The van der Waals surface area contributed by atoms with E-state index in [1.807, 2.05) is 30.3 Å². The average Bonchev–Trinajstić information content (AvgIpc) is 2.36. The molecular weight excluding hydrogens is 232 g/mol. The van der Waals surface area contributed by atoms with Gasteiger partial charge in [-0.2, -0.15) is 12.6 Å². The predicted molar refractivity (Wildman–Crippen MR) is 72.1 cm³/mol. The SMILES string of the molecule is O=C(CCS)NCc1cccc2cccnc12. The number of carbonyl (C=O) groups excluding carboxylic acids is 1. The van der Waals surface area contributed by atoms with Gasteiger partial charge in [0.05, 0.1) is 5.52 Å². The van der Waals surface area contributed by atoms with Crippen molar-refractivity contribution in [1.29, 1.82) is 0 Å². The summed E-state index contributed by atoms with van der Waals surface area (Å²) < 4.78 is 0. The molecule has 0 spiro atoms. The number of nitrogens with one attached hydrogen (secondary N) is 1. The third-order valence-electron chi connectivity index (χ3n) is 2.53. The van der Waals surface area contributed by atoms with Gasteiger partial charge in [0.25, 0.3) is 0 Å². The molecule has 1 aromatic heterocycles. The molecular formula is C13H14N2OS. The maximum absolute atomic E-state index is 11.4. The molecule has 0 radical (unpaired) electrons. The summed E-state index contributed by atoms with van der Waals surface area (Å²) in [6.07, 6.45) is 2.21. The van der Waals surface area contributed by atoms with Crippen LogP contribution in [0.15, 0.2) is 36.5 Å². The minimum atomic E-state index is 0.0212. The smallest absolute Gasteiger partial charge is 0.221 e. The molecule has 88 valence electrons. The first-order chi connectivity index (χ1) is 8.31. The standard InChI is InChI=1S/C13H14N2OS/c16-12(6-8-17)15-9-11-4-1-3-10-5-2-7-14-13(10)11/h1-5,7,17H,6,8-9H2,(H,15,16). The number of hydrogen-bond acceptors (Lipinski definition) is 3. The van der Waals surface area contributed by atoms with Gasteiger partial charge in [-0.3, -0.25) is 9.78 Å². The number of amides is 1. The van der Waals surface area contributed by atoms with Crippen LogP contribution in [0.1, 0.15) is 12.0 Å². The Kier molecular flexibility index (Phi) is 3.98. The van der Waals surface area contributed by atoms with Crippen molar-refractivity contribution in [1.82, 2.24) is 10.3 Å². The Morgan fingerprint density at radius 2 is 2.12 bits per heavy atom. The van der Waals surface area contributed by atoms with Crippen LogP contribution in [0.25, 0.3) is 10.9 Å². The van der Waals surface area contributed by atoms with Crippen molar-refractivity contribution in [3.63, 3.8) is 0 Å². The number of benzene rings is 1. The third-order valence-corrected chi connectivity index (χ3v) is 2.75. The molecule has 0 aliphatic heterocycles. The van der Waals surface area contributed by atoms with Gasteiger partial charge < -0.3 is 5.32 Å². The lowest BCUT2D eigenvalue weighted by Crippen LogP contribution is -2.22. The normalized spacial score (nSPS) is 10.4. The molecule has 0 unspecified atom stereocenters. The molecule has 17 heavy (non-hydrogen) atoms. The first-order valence-electron chi connectivity index (χ1n) is 5.51. The summed E-state index contributed by atoms with van der Waals surface area (Å²) in [7, 11) is 0. The molecule has 0 bridgehead atoms. The number of carbonyl (C=O) groups is 1. The second-order valence-corrected chi connectivity index (χ2v) is 4.19. The highest BCUT2D eigenvalue weighted by atomic mass is 32.1. The summed E-state index contributed by atoms with van der Waals surface area (Å²) >= 11 is 4.03. The zero-order valence-electron chi connectivity index (χ0n) is 9.39. The maximum atomic E-state index is 11.4. The van der Waals surface area contributed by atoms with Gasteiger partial charge in [-0.15, -0.1) is 0 Å². The largest absolute Gasteiger partial charge is 0.352 e. The Balaban J connectivity index is 2.16. The van der Waals surface area contributed by atoms with Gasteiger partial charge >= 0.3 is 0 Å². The first kappa shape index (κ1) is 11.9. The summed E-state index contributed by atoms with van der Waals surface area (Å²) in [5.74, 6) is 0.590. The van der Waals surface area contributed by atoms with E-state index >= 15 is 0 Å². The van der Waals surface area contributed by atoms with Crippen LogP contribution in [0, 0.1) is 0 Å². The molecule has 3 nitrogen and oxygen atoms in total. The Morgan fingerprint density at radius 1 is 1.29 bits per heavy atom. The van der Waals surface area contributed by atoms with Gasteiger partial charge in [0.1, 0.15) is 0 Å². The van der Waals surface area contributed by atoms with E-state index in [0.29, 0.717) is 18.7 Å². The maximum Gasteiger partial charge on any atom is 0.221 e. The van der Waals surface area contributed by atoms with Crippen molar-refractivity contribution in [2.24, 2.45) is 0 Å². The molecule has 2 rings (SSSR count). The van der Waals surface area contributed by atoms with E-state index in [1.165, 1.54) is 0 Å². The number of fused-ring (bicyclic) bond motifs is 1. The minimum absolute atomic E-state index is 0.0212. The van der Waals surface area contributed by atoms with Crippen LogP contribution >= 0.6 is 12.6 Å². The second-order valence-electron chi connectivity index (χ2n) is 3.74. The minimum Gasteiger partial charge on any atom is -0.352 e. The summed E-state index contributed by atoms with van der Waals surface area (Å²) in [5, 5.41) is 3.96. The number of para-hydroxylation sites is 1. The fourth-order valence-electron chi connectivity index (χ4n) is 1.69. The number of aromatic nitrogens is 1. The summed E-state index contributed by atoms with van der Waals surface area (Å²) in [6, 6.07) is 9.90. The van der Waals surface area contributed by atoms with Crippen LogP contribution in [0.3, 0.4) is 0 Å². The van der Waals surface area contributed by atoms with Crippen molar-refractivity contribution in [3.8, 4) is 0 Å². The van der Waals surface area contributed by atoms with E-state index in [2.05, 4.69) is 22.9 Å². The van der Waals surface area contributed by atoms with Gasteiger partial charge in [-0.25, -0.2) is 0 Å². The molecule has 0 fully saturated rings. The fraction of sp³-hybridized carbons (Fsp3) is 0.231. The number of thiol groups is 1. The van der Waals surface area contributed by atoms with E-state index < -0.39 is 0 Å². The highest BCUT2D eigenvalue weighted by molar-refractivity contribution is 7.80. The van der Waals surface area contributed by atoms with Crippen LogP contribution in [-0.2, 0) is 11.3 Å². The van der Waals surface area contributed by atoms with Crippen LogP contribution in [-0.4, -0.2) is 16.6 Å². The van der Waals surface area contributed by atoms with E-state index in [-0.39, 0.29) is 5.91 Å². The van der Waals surface area contributed by atoms with Gasteiger partial charge in [-0.1, -0.05) is 24.3 Å². The van der Waals surface area contributed by atoms with E-state index in [1.54, 1.807) is 6.20 Å². The summed E-state index contributed by atoms with van der Waals surface area (Å²) in [4.78, 5) is 15.7. The quantitative estimate of drug-likeness (QED) is 0.812. The molecule has 4 heteroatoms. The lowest BCUT2D eigenvalue weighted by Gasteiger charge is -2.07. The van der Waals surface area contributed by atoms with Gasteiger partial charge in [0.2, 0.25) is 5.91 Å². The fourth-order valence-corrected chi connectivity index (χ4v) is 1.90. The molecule has 1 amide bonds. The number of rotatable bonds is 4. The first-order valence-corrected chi connectivity index (χ1v) is 6.14. The Bertz CT molecular complexity index is 522. The molecule has 0 saturated heterocycles. The Morgan fingerprint density at radius 3 is 2.94 bits per heavy atom. The van der Waals surface area contributed by atoms with Gasteiger partial charge in [0, 0.05) is 24.5 Å². The average molecular weight is 246 g/mol. The van der Waals surface area contributed by atoms with Crippen molar-refractivity contribution in [3.05, 3.63) is 42.1 Å². The van der Waals surface area contributed by atoms with E-state index in [0.717, 1.165) is 16.5 Å². The van der Waals surface area contributed by atoms with E-state index in [9.17, 15) is 4.79 Å². The van der Waals surface area contributed by atoms with Gasteiger partial charge in [0.15, 0.2) is 0 Å². The van der Waals surface area contributed by atoms with Crippen molar-refractivity contribution < 1.29 is 4.79 Å². The number of pyridine rings is 1. The molecule has 0 saturated carbocycles. The zero-order valence-corrected chi connectivity index (χ0v) is 10.3. The summed E-state index contributed by atoms with van der Waals surface area (Å²) in [6.45, 7) is 0.515. The van der Waals surface area contributed by atoms with Gasteiger partial charge in [-0.05, 0) is 17.4 Å². The molecule has 0 aliphatic rings. The number of nitrogens with zero attached hydrogens (tertiary/aromatic N) is 1. The van der Waals surface area contributed by atoms with Crippen molar-refractivity contribution in [2.45, 2.75) is 13.0 Å². The Labute approximate surface area is 106 Å². The molecule has 0 aliphatic carbocycles. The van der Waals surface area contributed by atoms with Crippen molar-refractivity contribution >= 4 is 29.4 Å².